The Morgan fingerprint density at radius 1 is 0.865 bits per heavy atom. The number of carbonyl (C=O) groups is 1. The minimum atomic E-state index is -0.541. The molecule has 0 unspecified atom stereocenters. The molecule has 190 valence electrons. The molecule has 1 saturated heterocycles. The molecule has 1 fully saturated rings. The molecule has 0 saturated carbocycles. The largest absolute Gasteiger partial charge is 0.365 e. The Morgan fingerprint density at radius 2 is 1.54 bits per heavy atom. The fourth-order valence-corrected chi connectivity index (χ4v) is 5.29. The highest BCUT2D eigenvalue weighted by molar-refractivity contribution is 5.94. The van der Waals surface area contributed by atoms with Crippen LogP contribution in [0.3, 0.4) is 0 Å². The number of benzene rings is 3. The van der Waals surface area contributed by atoms with Gasteiger partial charge < -0.3 is 14.4 Å². The number of anilines is 1. The molecule has 7 nitrogen and oxygen atoms in total. The first-order valence-electron chi connectivity index (χ1n) is 12.8. The summed E-state index contributed by atoms with van der Waals surface area (Å²) in [4.78, 5) is 43.1. The Kier molecular flexibility index (Phi) is 6.70. The number of amides is 1. The first-order valence-corrected chi connectivity index (χ1v) is 12.8. The van der Waals surface area contributed by atoms with Crippen molar-refractivity contribution < 1.29 is 4.79 Å². The number of piperazine rings is 1. The minimum absolute atomic E-state index is 0.00968. The topological polar surface area (TPSA) is 67.5 Å². The third-order valence-electron chi connectivity index (χ3n) is 7.24. The van der Waals surface area contributed by atoms with E-state index in [2.05, 4.69) is 43.0 Å². The zero-order chi connectivity index (χ0) is 26.1. The zero-order valence-corrected chi connectivity index (χ0v) is 21.6. The summed E-state index contributed by atoms with van der Waals surface area (Å²) >= 11 is 0. The Labute approximate surface area is 216 Å². The monoisotopic (exact) mass is 496 g/mol. The lowest BCUT2D eigenvalue weighted by Crippen LogP contribution is -2.53. The standard InChI is InChI=1S/C30H32N4O3/c1-4-32-26-10-5-6-11-27(26)34(30(37)29(32)36)20-23-12-14-24(15-13-23)28(35)31-16-17-33(22(3)19-31)25-9-7-8-21(2)18-25/h5-15,18,22H,4,16-17,19-20H2,1-3H3/t22-/m1/s1. The van der Waals surface area contributed by atoms with E-state index in [1.807, 2.05) is 60.4 Å². The average molecular weight is 497 g/mol. The predicted molar refractivity (Wildman–Crippen MR) is 148 cm³/mol. The van der Waals surface area contributed by atoms with E-state index in [1.54, 1.807) is 0 Å². The highest BCUT2D eigenvalue weighted by Gasteiger charge is 2.27. The van der Waals surface area contributed by atoms with Crippen LogP contribution in [0.4, 0.5) is 5.69 Å². The van der Waals surface area contributed by atoms with Crippen LogP contribution in [0.25, 0.3) is 11.0 Å². The predicted octanol–water partition coefficient (Wildman–Crippen LogP) is 3.89. The lowest BCUT2D eigenvalue weighted by atomic mass is 10.1. The fourth-order valence-electron chi connectivity index (χ4n) is 5.29. The van der Waals surface area contributed by atoms with Crippen molar-refractivity contribution in [2.45, 2.75) is 39.9 Å². The third-order valence-corrected chi connectivity index (χ3v) is 7.24. The minimum Gasteiger partial charge on any atom is -0.365 e. The number of hydrogen-bond donors (Lipinski definition) is 0. The second-order valence-corrected chi connectivity index (χ2v) is 9.76. The summed E-state index contributed by atoms with van der Waals surface area (Å²) < 4.78 is 3.03. The first-order chi connectivity index (χ1) is 17.9. The molecule has 0 radical (unpaired) electrons. The van der Waals surface area contributed by atoms with Crippen LogP contribution < -0.4 is 16.0 Å². The summed E-state index contributed by atoms with van der Waals surface area (Å²) in [6.07, 6.45) is 0. The van der Waals surface area contributed by atoms with Crippen molar-refractivity contribution in [2.24, 2.45) is 0 Å². The van der Waals surface area contributed by atoms with E-state index < -0.39 is 11.1 Å². The van der Waals surface area contributed by atoms with Gasteiger partial charge in [-0.25, -0.2) is 0 Å². The first kappa shape index (κ1) is 24.6. The maximum Gasteiger partial charge on any atom is 0.317 e. The Bertz CT molecular complexity index is 1570. The number of para-hydroxylation sites is 2. The second-order valence-electron chi connectivity index (χ2n) is 9.76. The van der Waals surface area contributed by atoms with E-state index in [0.717, 1.165) is 23.1 Å². The van der Waals surface area contributed by atoms with Crippen LogP contribution in [-0.2, 0) is 13.1 Å². The number of fused-ring (bicyclic) bond motifs is 1. The molecule has 4 aromatic rings. The molecule has 7 heteroatoms. The van der Waals surface area contributed by atoms with Gasteiger partial charge in [-0.1, -0.05) is 36.4 Å². The van der Waals surface area contributed by atoms with Gasteiger partial charge in [-0.05, 0) is 68.3 Å². The summed E-state index contributed by atoms with van der Waals surface area (Å²) in [6, 6.07) is 23.5. The van der Waals surface area contributed by atoms with Gasteiger partial charge >= 0.3 is 11.1 Å². The molecule has 0 bridgehead atoms. The number of aryl methyl sites for hydroxylation is 2. The van der Waals surface area contributed by atoms with Crippen LogP contribution in [-0.4, -0.2) is 45.6 Å². The molecule has 5 rings (SSSR count). The number of aromatic nitrogens is 2. The van der Waals surface area contributed by atoms with Crippen molar-refractivity contribution in [3.05, 3.63) is 110 Å². The molecule has 3 aromatic carbocycles. The summed E-state index contributed by atoms with van der Waals surface area (Å²) in [5.74, 6) is 0.00968. The van der Waals surface area contributed by atoms with Crippen LogP contribution in [0.15, 0.2) is 82.4 Å². The summed E-state index contributed by atoms with van der Waals surface area (Å²) in [5, 5.41) is 0. The maximum atomic E-state index is 13.3. The van der Waals surface area contributed by atoms with Crippen LogP contribution in [0.5, 0.6) is 0 Å². The molecule has 1 aromatic heterocycles. The molecule has 0 spiro atoms. The van der Waals surface area contributed by atoms with E-state index in [9.17, 15) is 14.4 Å². The molecule has 1 amide bonds. The van der Waals surface area contributed by atoms with Crippen molar-refractivity contribution in [3.63, 3.8) is 0 Å². The Balaban J connectivity index is 1.33. The van der Waals surface area contributed by atoms with Crippen LogP contribution >= 0.6 is 0 Å². The van der Waals surface area contributed by atoms with Crippen LogP contribution in [0, 0.1) is 6.92 Å². The normalized spacial score (nSPS) is 15.8. The molecule has 37 heavy (non-hydrogen) atoms. The van der Waals surface area contributed by atoms with Crippen molar-refractivity contribution in [1.82, 2.24) is 14.0 Å². The molecular formula is C30H32N4O3. The lowest BCUT2D eigenvalue weighted by molar-refractivity contribution is 0.0726. The molecule has 1 aliphatic rings. The van der Waals surface area contributed by atoms with Gasteiger partial charge in [-0.2, -0.15) is 0 Å². The molecular weight excluding hydrogens is 464 g/mol. The molecule has 1 atom stereocenters. The third kappa shape index (κ3) is 4.69. The number of hydrogen-bond acceptors (Lipinski definition) is 4. The summed E-state index contributed by atoms with van der Waals surface area (Å²) in [6.45, 7) is 8.90. The number of rotatable bonds is 5. The van der Waals surface area contributed by atoms with Crippen molar-refractivity contribution >= 4 is 22.6 Å². The Morgan fingerprint density at radius 3 is 2.19 bits per heavy atom. The number of nitrogens with zero attached hydrogens (tertiary/aromatic N) is 4. The molecule has 1 aliphatic heterocycles. The van der Waals surface area contributed by atoms with E-state index >= 15 is 0 Å². The Hall–Kier alpha value is -4.13. The van der Waals surface area contributed by atoms with Crippen molar-refractivity contribution in [1.29, 1.82) is 0 Å². The summed E-state index contributed by atoms with van der Waals surface area (Å²) in [7, 11) is 0. The van der Waals surface area contributed by atoms with Crippen LogP contribution in [0.1, 0.15) is 35.3 Å². The van der Waals surface area contributed by atoms with Gasteiger partial charge in [0.2, 0.25) is 0 Å². The maximum absolute atomic E-state index is 13.3. The van der Waals surface area contributed by atoms with E-state index in [-0.39, 0.29) is 18.5 Å². The van der Waals surface area contributed by atoms with Gasteiger partial charge in [0.05, 0.1) is 17.6 Å². The smallest absolute Gasteiger partial charge is 0.317 e. The van der Waals surface area contributed by atoms with Gasteiger partial charge in [-0.15, -0.1) is 0 Å². The average Bonchev–Trinajstić information content (AvgIpc) is 2.91. The van der Waals surface area contributed by atoms with Gasteiger partial charge in [0.15, 0.2) is 0 Å². The van der Waals surface area contributed by atoms with Gasteiger partial charge in [0, 0.05) is 43.5 Å². The van der Waals surface area contributed by atoms with Crippen molar-refractivity contribution in [2.75, 3.05) is 24.5 Å². The second kappa shape index (κ2) is 10.1. The summed E-state index contributed by atoms with van der Waals surface area (Å²) in [5.41, 5.74) is 4.29. The number of carbonyl (C=O) groups excluding carboxylic acids is 1. The van der Waals surface area contributed by atoms with Gasteiger partial charge in [-0.3, -0.25) is 19.0 Å². The zero-order valence-electron chi connectivity index (χ0n) is 21.6. The quantitative estimate of drug-likeness (QED) is 0.393. The van der Waals surface area contributed by atoms with E-state index in [4.69, 9.17) is 0 Å². The lowest BCUT2D eigenvalue weighted by Gasteiger charge is -2.41. The van der Waals surface area contributed by atoms with E-state index in [0.29, 0.717) is 25.2 Å². The van der Waals surface area contributed by atoms with E-state index in [1.165, 1.54) is 20.4 Å². The fraction of sp³-hybridized carbons (Fsp3) is 0.300. The van der Waals surface area contributed by atoms with Gasteiger partial charge in [0.1, 0.15) is 0 Å². The van der Waals surface area contributed by atoms with Gasteiger partial charge in [0.25, 0.3) is 5.91 Å². The van der Waals surface area contributed by atoms with Crippen molar-refractivity contribution in [3.8, 4) is 0 Å². The highest BCUT2D eigenvalue weighted by Crippen LogP contribution is 2.23. The molecule has 2 heterocycles. The SMILES string of the molecule is CCn1c(=O)c(=O)n(Cc2ccc(C(=O)N3CCN(c4cccc(C)c4)[C@H](C)C3)cc2)c2ccccc21. The molecule has 0 aliphatic carbocycles. The highest BCUT2D eigenvalue weighted by atomic mass is 16.2. The van der Waals surface area contributed by atoms with Crippen LogP contribution in [0.2, 0.25) is 0 Å². The molecule has 0 N–H and O–H groups in total.